The van der Waals surface area contributed by atoms with Gasteiger partial charge in [-0.15, -0.1) is 0 Å². The standard InChI is InChI=1S/C15H23BrO2S/c1-12-6-5-7-13(8-12)10-19(17,18)11-14(9-16)15(2,3)4/h5-8,14H,9-11H2,1-4H3. The molecule has 108 valence electrons. The molecule has 1 aromatic rings. The molecule has 0 bridgehead atoms. The van der Waals surface area contributed by atoms with Crippen molar-refractivity contribution in [1.82, 2.24) is 0 Å². The highest BCUT2D eigenvalue weighted by molar-refractivity contribution is 9.09. The van der Waals surface area contributed by atoms with Gasteiger partial charge in [0.2, 0.25) is 0 Å². The second-order valence-electron chi connectivity index (χ2n) is 6.26. The molecule has 1 unspecified atom stereocenters. The number of alkyl halides is 1. The largest absolute Gasteiger partial charge is 0.228 e. The fourth-order valence-electron chi connectivity index (χ4n) is 1.95. The Morgan fingerprint density at radius 1 is 1.26 bits per heavy atom. The zero-order valence-electron chi connectivity index (χ0n) is 12.1. The summed E-state index contributed by atoms with van der Waals surface area (Å²) in [7, 11) is -3.08. The molecule has 0 aliphatic rings. The van der Waals surface area contributed by atoms with Crippen LogP contribution < -0.4 is 0 Å². The average molecular weight is 347 g/mol. The lowest BCUT2D eigenvalue weighted by Gasteiger charge is -2.28. The van der Waals surface area contributed by atoms with Crippen LogP contribution in [-0.4, -0.2) is 19.5 Å². The third-order valence-corrected chi connectivity index (χ3v) is 5.80. The molecule has 0 aliphatic heterocycles. The van der Waals surface area contributed by atoms with E-state index in [4.69, 9.17) is 0 Å². The Morgan fingerprint density at radius 2 is 1.89 bits per heavy atom. The molecule has 0 heterocycles. The van der Waals surface area contributed by atoms with E-state index in [1.165, 1.54) is 0 Å². The van der Waals surface area contributed by atoms with Crippen LogP contribution in [0, 0.1) is 18.3 Å². The van der Waals surface area contributed by atoms with E-state index in [0.717, 1.165) is 11.1 Å². The average Bonchev–Trinajstić information content (AvgIpc) is 2.23. The van der Waals surface area contributed by atoms with Crippen molar-refractivity contribution in [1.29, 1.82) is 0 Å². The van der Waals surface area contributed by atoms with E-state index < -0.39 is 9.84 Å². The zero-order valence-corrected chi connectivity index (χ0v) is 14.5. The van der Waals surface area contributed by atoms with Gasteiger partial charge in [0.15, 0.2) is 9.84 Å². The van der Waals surface area contributed by atoms with E-state index in [9.17, 15) is 8.42 Å². The second kappa shape index (κ2) is 6.40. The summed E-state index contributed by atoms with van der Waals surface area (Å²) in [6, 6.07) is 7.71. The summed E-state index contributed by atoms with van der Waals surface area (Å²) in [6.07, 6.45) is 0. The van der Waals surface area contributed by atoms with Crippen LogP contribution in [0.2, 0.25) is 0 Å². The van der Waals surface area contributed by atoms with Gasteiger partial charge in [0.05, 0.1) is 11.5 Å². The molecule has 2 nitrogen and oxygen atoms in total. The van der Waals surface area contributed by atoms with Gasteiger partial charge in [-0.05, 0) is 23.8 Å². The maximum absolute atomic E-state index is 12.3. The monoisotopic (exact) mass is 346 g/mol. The Labute approximate surface area is 125 Å². The molecule has 0 N–H and O–H groups in total. The maximum Gasteiger partial charge on any atom is 0.154 e. The van der Waals surface area contributed by atoms with Crippen LogP contribution in [0.3, 0.4) is 0 Å². The number of halogens is 1. The minimum atomic E-state index is -3.08. The van der Waals surface area contributed by atoms with Crippen LogP contribution in [0.5, 0.6) is 0 Å². The number of aryl methyl sites for hydroxylation is 1. The summed E-state index contributed by atoms with van der Waals surface area (Å²) >= 11 is 3.44. The molecule has 1 atom stereocenters. The summed E-state index contributed by atoms with van der Waals surface area (Å²) in [5.74, 6) is 0.492. The molecule has 1 rings (SSSR count). The van der Waals surface area contributed by atoms with Crippen molar-refractivity contribution in [2.24, 2.45) is 11.3 Å². The summed E-state index contributed by atoms with van der Waals surface area (Å²) < 4.78 is 24.6. The van der Waals surface area contributed by atoms with Crippen molar-refractivity contribution < 1.29 is 8.42 Å². The summed E-state index contributed by atoms with van der Waals surface area (Å²) in [6.45, 7) is 8.23. The van der Waals surface area contributed by atoms with Crippen LogP contribution in [0.25, 0.3) is 0 Å². The lowest BCUT2D eigenvalue weighted by Crippen LogP contribution is -2.30. The van der Waals surface area contributed by atoms with Gasteiger partial charge in [-0.2, -0.15) is 0 Å². The minimum absolute atomic E-state index is 0.0107. The van der Waals surface area contributed by atoms with Gasteiger partial charge >= 0.3 is 0 Å². The van der Waals surface area contributed by atoms with E-state index in [0.29, 0.717) is 5.33 Å². The first-order chi connectivity index (χ1) is 8.64. The van der Waals surface area contributed by atoms with Gasteiger partial charge in [-0.1, -0.05) is 66.5 Å². The molecule has 0 fully saturated rings. The molecule has 4 heteroatoms. The molecule has 0 saturated carbocycles. The number of hydrogen-bond acceptors (Lipinski definition) is 2. The van der Waals surface area contributed by atoms with Crippen molar-refractivity contribution in [2.75, 3.05) is 11.1 Å². The lowest BCUT2D eigenvalue weighted by atomic mass is 9.83. The Morgan fingerprint density at radius 3 is 2.37 bits per heavy atom. The molecular weight excluding hydrogens is 324 g/mol. The molecule has 0 radical (unpaired) electrons. The summed E-state index contributed by atoms with van der Waals surface area (Å²) in [5.41, 5.74) is 1.96. The molecule has 1 aromatic carbocycles. The highest BCUT2D eigenvalue weighted by Crippen LogP contribution is 2.29. The van der Waals surface area contributed by atoms with E-state index in [1.54, 1.807) is 0 Å². The fraction of sp³-hybridized carbons (Fsp3) is 0.600. The fourth-order valence-corrected chi connectivity index (χ4v) is 5.49. The predicted octanol–water partition coefficient (Wildman–Crippen LogP) is 3.97. The Bertz CT molecular complexity index is 515. The number of benzene rings is 1. The van der Waals surface area contributed by atoms with Gasteiger partial charge < -0.3 is 0 Å². The van der Waals surface area contributed by atoms with Crippen molar-refractivity contribution in [3.8, 4) is 0 Å². The summed E-state index contributed by atoms with van der Waals surface area (Å²) in [5, 5.41) is 0.712. The molecule has 0 spiro atoms. The van der Waals surface area contributed by atoms with Crippen LogP contribution in [0.1, 0.15) is 31.9 Å². The quantitative estimate of drug-likeness (QED) is 0.756. The number of rotatable bonds is 5. The molecule has 0 saturated heterocycles. The van der Waals surface area contributed by atoms with Gasteiger partial charge in [0, 0.05) is 5.33 Å². The maximum atomic E-state index is 12.3. The lowest BCUT2D eigenvalue weighted by molar-refractivity contribution is 0.291. The highest BCUT2D eigenvalue weighted by atomic mass is 79.9. The summed E-state index contributed by atoms with van der Waals surface area (Å²) in [4.78, 5) is 0. The van der Waals surface area contributed by atoms with Crippen molar-refractivity contribution >= 4 is 25.8 Å². The molecule has 19 heavy (non-hydrogen) atoms. The molecule has 0 aromatic heterocycles. The van der Waals surface area contributed by atoms with Crippen molar-refractivity contribution in [3.05, 3.63) is 35.4 Å². The number of sulfone groups is 1. The molecular formula is C15H23BrO2S. The predicted molar refractivity (Wildman–Crippen MR) is 85.4 cm³/mol. The van der Waals surface area contributed by atoms with Gasteiger partial charge in [-0.25, -0.2) is 8.42 Å². The third-order valence-electron chi connectivity index (χ3n) is 3.34. The second-order valence-corrected chi connectivity index (χ2v) is 9.02. The van der Waals surface area contributed by atoms with E-state index in [2.05, 4.69) is 36.7 Å². The van der Waals surface area contributed by atoms with Gasteiger partial charge in [0.25, 0.3) is 0 Å². The zero-order chi connectivity index (χ0) is 14.7. The Hall–Kier alpha value is -0.350. The van der Waals surface area contributed by atoms with E-state index in [1.807, 2.05) is 31.2 Å². The van der Waals surface area contributed by atoms with Crippen LogP contribution in [0.15, 0.2) is 24.3 Å². The van der Waals surface area contributed by atoms with E-state index in [-0.39, 0.29) is 22.8 Å². The smallest absolute Gasteiger partial charge is 0.154 e. The Balaban J connectivity index is 2.82. The third kappa shape index (κ3) is 5.65. The van der Waals surface area contributed by atoms with Crippen LogP contribution in [-0.2, 0) is 15.6 Å². The first-order valence-electron chi connectivity index (χ1n) is 6.46. The van der Waals surface area contributed by atoms with Gasteiger partial charge in [-0.3, -0.25) is 0 Å². The molecule has 0 aliphatic carbocycles. The normalized spacial score (nSPS) is 14.4. The first kappa shape index (κ1) is 16.7. The Kier molecular flexibility index (Phi) is 5.63. The highest BCUT2D eigenvalue weighted by Gasteiger charge is 2.28. The van der Waals surface area contributed by atoms with Crippen molar-refractivity contribution in [3.63, 3.8) is 0 Å². The first-order valence-corrected chi connectivity index (χ1v) is 9.40. The van der Waals surface area contributed by atoms with Crippen LogP contribution in [0.4, 0.5) is 0 Å². The van der Waals surface area contributed by atoms with E-state index >= 15 is 0 Å². The van der Waals surface area contributed by atoms with Crippen LogP contribution >= 0.6 is 15.9 Å². The topological polar surface area (TPSA) is 34.1 Å². The van der Waals surface area contributed by atoms with Gasteiger partial charge in [0.1, 0.15) is 0 Å². The van der Waals surface area contributed by atoms with Crippen molar-refractivity contribution in [2.45, 2.75) is 33.4 Å². The number of hydrogen-bond donors (Lipinski definition) is 0. The minimum Gasteiger partial charge on any atom is -0.228 e. The SMILES string of the molecule is Cc1cccc(CS(=O)(=O)CC(CBr)C(C)(C)C)c1. The molecule has 0 amide bonds.